The number of nitriles is 1. The molecule has 2 heterocycles. The summed E-state index contributed by atoms with van der Waals surface area (Å²) in [6.07, 6.45) is 2.22. The van der Waals surface area contributed by atoms with Gasteiger partial charge >= 0.3 is 0 Å². The number of benzene rings is 2. The van der Waals surface area contributed by atoms with E-state index in [4.69, 9.17) is 4.52 Å². The Labute approximate surface area is 224 Å². The molecule has 8 heteroatoms. The molecule has 1 aliphatic heterocycles. The average Bonchev–Trinajstić information content (AvgIpc) is 3.57. The summed E-state index contributed by atoms with van der Waals surface area (Å²) in [4.78, 5) is 28.2. The molecule has 0 saturated carbocycles. The van der Waals surface area contributed by atoms with Crippen LogP contribution in [0.3, 0.4) is 0 Å². The number of anilines is 1. The van der Waals surface area contributed by atoms with E-state index in [1.54, 1.807) is 12.1 Å². The lowest BCUT2D eigenvalue weighted by Crippen LogP contribution is -2.39. The molecule has 1 atom stereocenters. The van der Waals surface area contributed by atoms with E-state index in [1.807, 2.05) is 58.0 Å². The van der Waals surface area contributed by atoms with E-state index >= 15 is 0 Å². The summed E-state index contributed by atoms with van der Waals surface area (Å²) in [6, 6.07) is 14.8. The van der Waals surface area contributed by atoms with Crippen LogP contribution in [0.25, 0.3) is 11.3 Å². The van der Waals surface area contributed by atoms with Gasteiger partial charge in [0.05, 0.1) is 11.6 Å². The van der Waals surface area contributed by atoms with Gasteiger partial charge in [-0.2, -0.15) is 5.26 Å². The first-order valence-corrected chi connectivity index (χ1v) is 13.1. The fourth-order valence-corrected chi connectivity index (χ4v) is 4.78. The largest absolute Gasteiger partial charge is 0.350 e. The first-order valence-electron chi connectivity index (χ1n) is 13.1. The Morgan fingerprint density at radius 3 is 2.66 bits per heavy atom. The number of likely N-dealkylation sites (tertiary alicyclic amines) is 1. The number of carbonyl (C=O) groups is 2. The average molecular weight is 514 g/mol. The number of aryl methyl sites for hydroxylation is 1. The highest BCUT2D eigenvalue weighted by Gasteiger charge is 2.24. The summed E-state index contributed by atoms with van der Waals surface area (Å²) in [6.45, 7) is 12.8. The normalized spacial score (nSPS) is 15.7. The first kappa shape index (κ1) is 27.1. The molecule has 1 aromatic heterocycles. The number of likely N-dealkylation sites (N-methyl/N-ethyl adjacent to an activating group) is 1. The van der Waals surface area contributed by atoms with E-state index in [9.17, 15) is 14.9 Å². The Hall–Kier alpha value is -3.96. The molecule has 38 heavy (non-hydrogen) atoms. The third-order valence-electron chi connectivity index (χ3n) is 7.10. The number of nitrogens with zero attached hydrogens (tertiary/aromatic N) is 3. The minimum Gasteiger partial charge on any atom is -0.350 e. The summed E-state index contributed by atoms with van der Waals surface area (Å²) in [5.41, 5.74) is 4.33. The third kappa shape index (κ3) is 6.12. The van der Waals surface area contributed by atoms with Crippen LogP contribution >= 0.6 is 0 Å². The SMILES string of the molecule is CCN1CCCC1CNC(=O)c1cc(-c2cc(NC(=O)c3cc(C#N)cc(C(C)(C)C)c3)ccc2C)no1. The van der Waals surface area contributed by atoms with E-state index < -0.39 is 0 Å². The summed E-state index contributed by atoms with van der Waals surface area (Å²) < 4.78 is 5.37. The van der Waals surface area contributed by atoms with Crippen molar-refractivity contribution in [3.63, 3.8) is 0 Å². The molecule has 4 rings (SSSR count). The zero-order valence-corrected chi connectivity index (χ0v) is 22.7. The van der Waals surface area contributed by atoms with Gasteiger partial charge in [0.25, 0.3) is 11.8 Å². The lowest BCUT2D eigenvalue weighted by Gasteiger charge is -2.22. The maximum atomic E-state index is 13.1. The van der Waals surface area contributed by atoms with Crippen molar-refractivity contribution < 1.29 is 14.1 Å². The standard InChI is InChI=1S/C30H35N5O3/c1-6-35-11-7-8-24(35)18-32-29(37)27-16-26(34-38-27)25-15-23(10-9-19(25)2)33-28(36)21-12-20(17-31)13-22(14-21)30(3,4)5/h9-10,12-16,24H,6-8,11,18H2,1-5H3,(H,32,37)(H,33,36). The van der Waals surface area contributed by atoms with Crippen molar-refractivity contribution >= 4 is 17.5 Å². The molecule has 2 aromatic carbocycles. The Morgan fingerprint density at radius 1 is 1.16 bits per heavy atom. The van der Waals surface area contributed by atoms with Gasteiger partial charge in [-0.05, 0) is 79.7 Å². The van der Waals surface area contributed by atoms with Crippen molar-refractivity contribution in [2.45, 2.75) is 58.9 Å². The van der Waals surface area contributed by atoms with Crippen LogP contribution in [0, 0.1) is 18.3 Å². The summed E-state index contributed by atoms with van der Waals surface area (Å²) in [5.74, 6) is -0.450. The van der Waals surface area contributed by atoms with E-state index in [0.717, 1.165) is 42.6 Å². The van der Waals surface area contributed by atoms with Crippen molar-refractivity contribution in [2.24, 2.45) is 0 Å². The molecular formula is C30H35N5O3. The van der Waals surface area contributed by atoms with Gasteiger partial charge < -0.3 is 15.2 Å². The molecule has 2 amide bonds. The number of hydrogen-bond donors (Lipinski definition) is 2. The highest BCUT2D eigenvalue weighted by molar-refractivity contribution is 6.05. The van der Waals surface area contributed by atoms with E-state index in [2.05, 4.69) is 33.7 Å². The van der Waals surface area contributed by atoms with Crippen molar-refractivity contribution in [3.05, 3.63) is 70.5 Å². The van der Waals surface area contributed by atoms with Crippen LogP contribution in [0.5, 0.6) is 0 Å². The molecule has 0 spiro atoms. The highest BCUT2D eigenvalue weighted by atomic mass is 16.5. The number of nitrogens with one attached hydrogen (secondary N) is 2. The Balaban J connectivity index is 1.49. The lowest BCUT2D eigenvalue weighted by atomic mass is 9.85. The predicted molar refractivity (Wildman–Crippen MR) is 147 cm³/mol. The molecule has 0 bridgehead atoms. The number of aromatic nitrogens is 1. The molecule has 0 radical (unpaired) electrons. The fraction of sp³-hybridized carbons (Fsp3) is 0.400. The van der Waals surface area contributed by atoms with Gasteiger partial charge in [0.2, 0.25) is 5.76 Å². The maximum absolute atomic E-state index is 13.1. The van der Waals surface area contributed by atoms with E-state index in [-0.39, 0.29) is 23.0 Å². The first-order chi connectivity index (χ1) is 18.1. The fourth-order valence-electron chi connectivity index (χ4n) is 4.78. The van der Waals surface area contributed by atoms with Crippen molar-refractivity contribution in [1.29, 1.82) is 5.26 Å². The molecule has 0 aliphatic carbocycles. The number of rotatable bonds is 7. The van der Waals surface area contributed by atoms with Gasteiger partial charge in [0.15, 0.2) is 0 Å². The van der Waals surface area contributed by atoms with Crippen LogP contribution in [-0.4, -0.2) is 47.5 Å². The van der Waals surface area contributed by atoms with Gasteiger partial charge in [0.1, 0.15) is 5.69 Å². The van der Waals surface area contributed by atoms with Gasteiger partial charge in [0, 0.05) is 35.5 Å². The van der Waals surface area contributed by atoms with Crippen LogP contribution in [0.15, 0.2) is 47.0 Å². The van der Waals surface area contributed by atoms with Crippen LogP contribution in [0.2, 0.25) is 0 Å². The highest BCUT2D eigenvalue weighted by Crippen LogP contribution is 2.28. The Morgan fingerprint density at radius 2 is 1.95 bits per heavy atom. The quantitative estimate of drug-likeness (QED) is 0.444. The van der Waals surface area contributed by atoms with Crippen molar-refractivity contribution in [1.82, 2.24) is 15.4 Å². The molecular weight excluding hydrogens is 478 g/mol. The second kappa shape index (κ2) is 11.2. The lowest BCUT2D eigenvalue weighted by molar-refractivity contribution is 0.0904. The van der Waals surface area contributed by atoms with Crippen LogP contribution in [0.4, 0.5) is 5.69 Å². The molecule has 8 nitrogen and oxygen atoms in total. The number of carbonyl (C=O) groups excluding carboxylic acids is 2. The Kier molecular flexibility index (Phi) is 7.98. The van der Waals surface area contributed by atoms with Crippen LogP contribution in [0.1, 0.15) is 78.1 Å². The predicted octanol–water partition coefficient (Wildman–Crippen LogP) is 5.29. The minimum atomic E-state index is -0.310. The molecule has 3 aromatic rings. The minimum absolute atomic E-state index is 0.151. The maximum Gasteiger partial charge on any atom is 0.289 e. The van der Waals surface area contributed by atoms with Crippen molar-refractivity contribution in [2.75, 3.05) is 25.0 Å². The number of hydrogen-bond acceptors (Lipinski definition) is 6. The molecule has 1 unspecified atom stereocenters. The Bertz CT molecular complexity index is 1380. The zero-order valence-electron chi connectivity index (χ0n) is 22.7. The second-order valence-corrected chi connectivity index (χ2v) is 10.9. The third-order valence-corrected chi connectivity index (χ3v) is 7.10. The summed E-state index contributed by atoms with van der Waals surface area (Å²) >= 11 is 0. The summed E-state index contributed by atoms with van der Waals surface area (Å²) in [7, 11) is 0. The van der Waals surface area contributed by atoms with Gasteiger partial charge in [-0.15, -0.1) is 0 Å². The zero-order chi connectivity index (χ0) is 27.4. The van der Waals surface area contributed by atoms with E-state index in [1.165, 1.54) is 0 Å². The monoisotopic (exact) mass is 513 g/mol. The van der Waals surface area contributed by atoms with E-state index in [0.29, 0.717) is 35.1 Å². The molecule has 1 aliphatic rings. The molecule has 1 saturated heterocycles. The molecule has 198 valence electrons. The van der Waals surface area contributed by atoms with Crippen molar-refractivity contribution in [3.8, 4) is 17.3 Å². The number of amides is 2. The topological polar surface area (TPSA) is 111 Å². The molecule has 2 N–H and O–H groups in total. The summed E-state index contributed by atoms with van der Waals surface area (Å²) in [5, 5.41) is 19.5. The van der Waals surface area contributed by atoms with Crippen LogP contribution in [-0.2, 0) is 5.41 Å². The van der Waals surface area contributed by atoms with Gasteiger partial charge in [-0.3, -0.25) is 14.5 Å². The second-order valence-electron chi connectivity index (χ2n) is 10.9. The van der Waals surface area contributed by atoms with Crippen LogP contribution < -0.4 is 10.6 Å². The van der Waals surface area contributed by atoms with Gasteiger partial charge in [-0.1, -0.05) is 38.9 Å². The van der Waals surface area contributed by atoms with Gasteiger partial charge in [-0.25, -0.2) is 0 Å². The molecule has 1 fully saturated rings. The smallest absolute Gasteiger partial charge is 0.289 e.